The maximum absolute atomic E-state index is 4.15. The average molecular weight is 96.2 g/mol. The fraction of sp³-hybridized carbons (Fsp3) is 0.667. The van der Waals surface area contributed by atoms with E-state index in [-0.39, 0.29) is 5.54 Å². The van der Waals surface area contributed by atoms with Crippen LogP contribution in [-0.2, 0) is 0 Å². The Hall–Kier alpha value is -0.170. The summed E-state index contributed by atoms with van der Waals surface area (Å²) in [5.74, 6) is 0. The fourth-order valence-corrected chi connectivity index (χ4v) is 0.803. The van der Waals surface area contributed by atoms with Crippen LogP contribution < -0.4 is 0 Å². The first-order valence-electron chi connectivity index (χ1n) is 2.60. The zero-order chi connectivity index (χ0) is 5.33. The van der Waals surface area contributed by atoms with Crippen molar-refractivity contribution in [3.8, 4) is 0 Å². The highest BCUT2D eigenvalue weighted by Crippen LogP contribution is 2.27. The lowest BCUT2D eigenvalue weighted by atomic mass is 10.0. The molecule has 0 spiro atoms. The summed E-state index contributed by atoms with van der Waals surface area (Å²) in [6.45, 7) is 8.55. The van der Waals surface area contributed by atoms with Crippen molar-refractivity contribution in [1.29, 1.82) is 0 Å². The average Bonchev–Trinajstić information content (AvgIpc) is 1.84. The summed E-state index contributed by atoms with van der Waals surface area (Å²) >= 11 is 0. The molecule has 0 aromatic rings. The van der Waals surface area contributed by atoms with E-state index in [1.165, 1.54) is 6.42 Å². The Kier molecular flexibility index (Phi) is 1.00. The van der Waals surface area contributed by atoms with Crippen LogP contribution in [0.3, 0.4) is 0 Å². The van der Waals surface area contributed by atoms with Gasteiger partial charge in [-0.2, -0.15) is 0 Å². The van der Waals surface area contributed by atoms with Crippen molar-refractivity contribution in [1.82, 2.24) is 0 Å². The first kappa shape index (κ1) is 4.98. The van der Waals surface area contributed by atoms with E-state index in [1.54, 1.807) is 0 Å². The predicted octanol–water partition coefficient (Wildman–Crippen LogP) is 1.56. The minimum Gasteiger partial charge on any atom is -0.617 e. The van der Waals surface area contributed by atoms with Crippen LogP contribution in [0.2, 0.25) is 0 Å². The molecule has 0 N–H and O–H groups in total. The molecule has 1 nitrogen and oxygen atoms in total. The molecule has 0 bridgehead atoms. The lowest BCUT2D eigenvalue weighted by Crippen LogP contribution is -2.11. The SMILES string of the molecule is [CH2]C1([CH2+])CCC[N-]1. The molecule has 0 aromatic carbocycles. The van der Waals surface area contributed by atoms with E-state index in [0.29, 0.717) is 0 Å². The van der Waals surface area contributed by atoms with E-state index in [9.17, 15) is 0 Å². The molecule has 0 unspecified atom stereocenters. The van der Waals surface area contributed by atoms with Gasteiger partial charge in [-0.15, -0.1) is 6.54 Å². The molecule has 0 aliphatic carbocycles. The van der Waals surface area contributed by atoms with Gasteiger partial charge in [0.2, 0.25) is 0 Å². The van der Waals surface area contributed by atoms with E-state index in [2.05, 4.69) is 19.2 Å². The Morgan fingerprint density at radius 1 is 1.71 bits per heavy atom. The summed E-state index contributed by atoms with van der Waals surface area (Å²) in [6.07, 6.45) is 2.24. The molecule has 0 atom stereocenters. The minimum atomic E-state index is -0.181. The number of hydrogen-bond donors (Lipinski definition) is 0. The molecule has 1 heterocycles. The Morgan fingerprint density at radius 3 is 2.57 bits per heavy atom. The van der Waals surface area contributed by atoms with Crippen LogP contribution in [0, 0.1) is 13.8 Å². The van der Waals surface area contributed by atoms with Crippen LogP contribution in [0.5, 0.6) is 0 Å². The first-order chi connectivity index (χ1) is 3.21. The van der Waals surface area contributed by atoms with Crippen LogP contribution in [0.25, 0.3) is 5.32 Å². The van der Waals surface area contributed by atoms with Crippen LogP contribution in [-0.4, -0.2) is 12.1 Å². The van der Waals surface area contributed by atoms with Crippen molar-refractivity contribution in [2.45, 2.75) is 18.4 Å². The summed E-state index contributed by atoms with van der Waals surface area (Å²) in [7, 11) is 0. The predicted molar refractivity (Wildman–Crippen MR) is 30.9 cm³/mol. The van der Waals surface area contributed by atoms with Gasteiger partial charge in [-0.3, -0.25) is 0 Å². The molecular weight excluding hydrogens is 86.1 g/mol. The van der Waals surface area contributed by atoms with E-state index < -0.39 is 0 Å². The largest absolute Gasteiger partial charge is 0.617 e. The van der Waals surface area contributed by atoms with E-state index in [1.807, 2.05) is 0 Å². The maximum Gasteiger partial charge on any atom is 0.0469 e. The standard InChI is InChI=1S/C6H10N/c1-6(2)4-3-5-7-6/h1-5H2. The fourth-order valence-electron chi connectivity index (χ4n) is 0.803. The van der Waals surface area contributed by atoms with Crippen molar-refractivity contribution >= 4 is 0 Å². The monoisotopic (exact) mass is 96.1 g/mol. The molecule has 0 amide bonds. The maximum atomic E-state index is 4.15. The summed E-state index contributed by atoms with van der Waals surface area (Å²) in [4.78, 5) is 0. The Morgan fingerprint density at radius 2 is 2.43 bits per heavy atom. The number of nitrogens with zero attached hydrogens (tertiary/aromatic N) is 1. The molecule has 1 aliphatic rings. The van der Waals surface area contributed by atoms with Crippen molar-refractivity contribution in [3.05, 3.63) is 19.2 Å². The highest BCUT2D eigenvalue weighted by atomic mass is 15.0. The van der Waals surface area contributed by atoms with E-state index >= 15 is 0 Å². The normalized spacial score (nSPS) is 41.9. The van der Waals surface area contributed by atoms with Crippen molar-refractivity contribution < 1.29 is 0 Å². The van der Waals surface area contributed by atoms with Gasteiger partial charge in [-0.1, -0.05) is 6.42 Å². The molecule has 39 valence electrons. The Labute approximate surface area is 45.1 Å². The van der Waals surface area contributed by atoms with Gasteiger partial charge in [0.25, 0.3) is 0 Å². The topological polar surface area (TPSA) is 14.1 Å². The highest BCUT2D eigenvalue weighted by molar-refractivity contribution is 5.15. The van der Waals surface area contributed by atoms with Gasteiger partial charge in [-0.25, -0.2) is 0 Å². The van der Waals surface area contributed by atoms with Crippen LogP contribution >= 0.6 is 0 Å². The summed E-state index contributed by atoms with van der Waals surface area (Å²) in [6, 6.07) is 0. The zero-order valence-corrected chi connectivity index (χ0v) is 4.48. The van der Waals surface area contributed by atoms with Gasteiger partial charge in [-0.05, 0) is 13.3 Å². The Balaban J connectivity index is 2.40. The van der Waals surface area contributed by atoms with Crippen LogP contribution in [0.4, 0.5) is 0 Å². The molecule has 1 aliphatic heterocycles. The van der Waals surface area contributed by atoms with Crippen molar-refractivity contribution in [3.63, 3.8) is 0 Å². The van der Waals surface area contributed by atoms with Gasteiger partial charge in [0.05, 0.1) is 0 Å². The molecule has 1 radical (unpaired) electrons. The van der Waals surface area contributed by atoms with Gasteiger partial charge < -0.3 is 5.32 Å². The first-order valence-corrected chi connectivity index (χ1v) is 2.60. The van der Waals surface area contributed by atoms with Gasteiger partial charge in [0.1, 0.15) is 0 Å². The second-order valence-corrected chi connectivity index (χ2v) is 2.21. The lowest BCUT2D eigenvalue weighted by molar-refractivity contribution is 0.727. The number of hydrogen-bond acceptors (Lipinski definition) is 0. The van der Waals surface area contributed by atoms with Crippen molar-refractivity contribution in [2.24, 2.45) is 0 Å². The second-order valence-electron chi connectivity index (χ2n) is 2.21. The van der Waals surface area contributed by atoms with Gasteiger partial charge in [0.15, 0.2) is 0 Å². The smallest absolute Gasteiger partial charge is 0.0469 e. The zero-order valence-electron chi connectivity index (χ0n) is 4.48. The van der Waals surface area contributed by atoms with Gasteiger partial charge >= 0.3 is 0 Å². The molecular formula is C6H10N. The number of rotatable bonds is 0. The molecule has 0 aromatic heterocycles. The molecule has 0 saturated carbocycles. The molecule has 7 heavy (non-hydrogen) atoms. The third-order valence-electron chi connectivity index (χ3n) is 1.25. The minimum absolute atomic E-state index is 0.181. The quantitative estimate of drug-likeness (QED) is 0.406. The lowest BCUT2D eigenvalue weighted by Gasteiger charge is -2.22. The van der Waals surface area contributed by atoms with Crippen LogP contribution in [0.1, 0.15) is 12.8 Å². The van der Waals surface area contributed by atoms with E-state index in [0.717, 1.165) is 13.0 Å². The van der Waals surface area contributed by atoms with Crippen LogP contribution in [0.15, 0.2) is 0 Å². The summed E-state index contributed by atoms with van der Waals surface area (Å²) in [5.41, 5.74) is -0.181. The van der Waals surface area contributed by atoms with E-state index in [4.69, 9.17) is 0 Å². The summed E-state index contributed by atoms with van der Waals surface area (Å²) in [5, 5.41) is 4.15. The molecule has 1 fully saturated rings. The highest BCUT2D eigenvalue weighted by Gasteiger charge is 2.17. The second kappa shape index (κ2) is 1.41. The van der Waals surface area contributed by atoms with Gasteiger partial charge in [0, 0.05) is 12.5 Å². The molecule has 1 heteroatoms. The third-order valence-corrected chi connectivity index (χ3v) is 1.25. The molecule has 1 rings (SSSR count). The summed E-state index contributed by atoms with van der Waals surface area (Å²) < 4.78 is 0. The third kappa shape index (κ3) is 1.10. The Bertz CT molecular complexity index is 58.6. The van der Waals surface area contributed by atoms with Crippen molar-refractivity contribution in [2.75, 3.05) is 6.54 Å². The molecule has 1 saturated heterocycles.